The monoisotopic (exact) mass is 234 g/mol. The van der Waals surface area contributed by atoms with Crippen molar-refractivity contribution in [2.45, 2.75) is 31.3 Å². The summed E-state index contributed by atoms with van der Waals surface area (Å²) < 4.78 is 1.81. The van der Waals surface area contributed by atoms with Gasteiger partial charge in [-0.3, -0.25) is 4.79 Å². The van der Waals surface area contributed by atoms with Crippen LogP contribution in [0.25, 0.3) is 0 Å². The van der Waals surface area contributed by atoms with E-state index in [0.717, 1.165) is 32.4 Å². The van der Waals surface area contributed by atoms with Gasteiger partial charge in [-0.15, -0.1) is 0 Å². The first-order valence-electron chi connectivity index (χ1n) is 6.26. The Hall–Kier alpha value is -1.36. The first kappa shape index (κ1) is 10.8. The average molecular weight is 234 g/mol. The van der Waals surface area contributed by atoms with Gasteiger partial charge >= 0.3 is 0 Å². The molecule has 1 aliphatic carbocycles. The standard InChI is InChI=1S/C12H18N4O/c1-15-6-4-9(8-15)14-11-12(17)16(7-5-13-11)10-2-3-10/h5,7,9-10H,2-4,6,8H2,1H3,(H,13,14). The highest BCUT2D eigenvalue weighted by Crippen LogP contribution is 2.33. The van der Waals surface area contributed by atoms with Gasteiger partial charge in [-0.2, -0.15) is 0 Å². The molecule has 1 aliphatic heterocycles. The minimum atomic E-state index is 0.0320. The molecule has 1 atom stereocenters. The van der Waals surface area contributed by atoms with E-state index in [4.69, 9.17) is 0 Å². The van der Waals surface area contributed by atoms with E-state index in [1.807, 2.05) is 4.57 Å². The molecule has 5 nitrogen and oxygen atoms in total. The lowest BCUT2D eigenvalue weighted by Gasteiger charge is -2.13. The van der Waals surface area contributed by atoms with Gasteiger partial charge in [-0.1, -0.05) is 0 Å². The van der Waals surface area contributed by atoms with Crippen molar-refractivity contribution >= 4 is 5.82 Å². The topological polar surface area (TPSA) is 50.2 Å². The zero-order chi connectivity index (χ0) is 11.8. The van der Waals surface area contributed by atoms with Crippen molar-refractivity contribution in [1.29, 1.82) is 0 Å². The molecule has 1 aromatic heterocycles. The molecule has 0 aromatic carbocycles. The smallest absolute Gasteiger partial charge is 0.293 e. The third-order valence-corrected chi connectivity index (χ3v) is 3.54. The second-order valence-corrected chi connectivity index (χ2v) is 5.11. The number of aromatic nitrogens is 2. The molecule has 92 valence electrons. The van der Waals surface area contributed by atoms with Gasteiger partial charge in [-0.25, -0.2) is 4.98 Å². The van der Waals surface area contributed by atoms with E-state index in [2.05, 4.69) is 22.2 Å². The summed E-state index contributed by atoms with van der Waals surface area (Å²) in [6.45, 7) is 2.07. The van der Waals surface area contributed by atoms with Crippen molar-refractivity contribution in [3.05, 3.63) is 22.7 Å². The Morgan fingerprint density at radius 1 is 1.41 bits per heavy atom. The minimum absolute atomic E-state index is 0.0320. The van der Waals surface area contributed by atoms with E-state index in [9.17, 15) is 4.79 Å². The van der Waals surface area contributed by atoms with Crippen LogP contribution in [0.2, 0.25) is 0 Å². The first-order valence-corrected chi connectivity index (χ1v) is 6.26. The number of likely N-dealkylation sites (N-methyl/N-ethyl adjacent to an activating group) is 1. The summed E-state index contributed by atoms with van der Waals surface area (Å²) in [5.74, 6) is 0.514. The van der Waals surface area contributed by atoms with E-state index in [1.165, 1.54) is 0 Å². The molecule has 5 heteroatoms. The Morgan fingerprint density at radius 3 is 2.88 bits per heavy atom. The van der Waals surface area contributed by atoms with Crippen LogP contribution in [0.15, 0.2) is 17.2 Å². The van der Waals surface area contributed by atoms with Crippen LogP contribution in [0.1, 0.15) is 25.3 Å². The average Bonchev–Trinajstić information content (AvgIpc) is 3.06. The van der Waals surface area contributed by atoms with Crippen molar-refractivity contribution in [3.63, 3.8) is 0 Å². The molecule has 17 heavy (non-hydrogen) atoms. The van der Waals surface area contributed by atoms with Crippen molar-refractivity contribution in [2.75, 3.05) is 25.5 Å². The number of hydrogen-bond acceptors (Lipinski definition) is 4. The lowest BCUT2D eigenvalue weighted by atomic mass is 10.2. The largest absolute Gasteiger partial charge is 0.361 e. The van der Waals surface area contributed by atoms with Gasteiger partial charge in [0.15, 0.2) is 5.82 Å². The zero-order valence-corrected chi connectivity index (χ0v) is 10.1. The van der Waals surface area contributed by atoms with Crippen molar-refractivity contribution < 1.29 is 0 Å². The van der Waals surface area contributed by atoms with Crippen LogP contribution in [-0.2, 0) is 0 Å². The minimum Gasteiger partial charge on any atom is -0.361 e. The normalized spacial score (nSPS) is 25.1. The summed E-state index contributed by atoms with van der Waals surface area (Å²) in [6.07, 6.45) is 6.84. The highest BCUT2D eigenvalue weighted by molar-refractivity contribution is 5.33. The Bertz CT molecular complexity index is 466. The van der Waals surface area contributed by atoms with Crippen molar-refractivity contribution in [1.82, 2.24) is 14.5 Å². The van der Waals surface area contributed by atoms with Crippen LogP contribution >= 0.6 is 0 Å². The molecular formula is C12H18N4O. The molecule has 2 heterocycles. The van der Waals surface area contributed by atoms with Crippen LogP contribution in [0.3, 0.4) is 0 Å². The maximum Gasteiger partial charge on any atom is 0.293 e. The molecule has 1 saturated heterocycles. The van der Waals surface area contributed by atoms with Crippen molar-refractivity contribution in [2.24, 2.45) is 0 Å². The number of hydrogen-bond donors (Lipinski definition) is 1. The van der Waals surface area contributed by atoms with E-state index >= 15 is 0 Å². The lowest BCUT2D eigenvalue weighted by Crippen LogP contribution is -2.30. The van der Waals surface area contributed by atoms with Crippen LogP contribution < -0.4 is 10.9 Å². The van der Waals surface area contributed by atoms with Crippen LogP contribution in [0.4, 0.5) is 5.82 Å². The summed E-state index contributed by atoms with van der Waals surface area (Å²) in [5, 5.41) is 3.28. The summed E-state index contributed by atoms with van der Waals surface area (Å²) in [6, 6.07) is 0.771. The van der Waals surface area contributed by atoms with Gasteiger partial charge in [0, 0.05) is 31.0 Å². The SMILES string of the molecule is CN1CCC(Nc2nccn(C3CC3)c2=O)C1. The van der Waals surface area contributed by atoms with Gasteiger partial charge < -0.3 is 14.8 Å². The molecule has 0 amide bonds. The molecule has 1 unspecified atom stereocenters. The fourth-order valence-corrected chi connectivity index (χ4v) is 2.41. The van der Waals surface area contributed by atoms with Crippen LogP contribution in [0, 0.1) is 0 Å². The third-order valence-electron chi connectivity index (χ3n) is 3.54. The second kappa shape index (κ2) is 4.14. The molecule has 1 aromatic rings. The molecule has 1 saturated carbocycles. The second-order valence-electron chi connectivity index (χ2n) is 5.11. The number of anilines is 1. The van der Waals surface area contributed by atoms with Crippen molar-refractivity contribution in [3.8, 4) is 0 Å². The Labute approximate surface area is 100 Å². The van der Waals surface area contributed by atoms with Gasteiger partial charge in [0.25, 0.3) is 5.56 Å². The molecule has 0 spiro atoms. The van der Waals surface area contributed by atoms with E-state index < -0.39 is 0 Å². The quantitative estimate of drug-likeness (QED) is 0.836. The Kier molecular flexibility index (Phi) is 2.63. The number of nitrogens with one attached hydrogen (secondary N) is 1. The van der Waals surface area contributed by atoms with E-state index in [1.54, 1.807) is 12.4 Å². The molecular weight excluding hydrogens is 216 g/mol. The number of likely N-dealkylation sites (tertiary alicyclic amines) is 1. The van der Waals surface area contributed by atoms with E-state index in [-0.39, 0.29) is 5.56 Å². The van der Waals surface area contributed by atoms with Gasteiger partial charge in [0.1, 0.15) is 0 Å². The predicted octanol–water partition coefficient (Wildman–Crippen LogP) is 0.694. The molecule has 0 bridgehead atoms. The predicted molar refractivity (Wildman–Crippen MR) is 66.3 cm³/mol. The maximum absolute atomic E-state index is 12.1. The number of rotatable bonds is 3. The molecule has 3 rings (SSSR count). The Balaban J connectivity index is 1.78. The molecule has 2 aliphatic rings. The third kappa shape index (κ3) is 2.20. The molecule has 0 radical (unpaired) electrons. The zero-order valence-electron chi connectivity index (χ0n) is 10.1. The fourth-order valence-electron chi connectivity index (χ4n) is 2.41. The lowest BCUT2D eigenvalue weighted by molar-refractivity contribution is 0.414. The van der Waals surface area contributed by atoms with E-state index in [0.29, 0.717) is 17.9 Å². The summed E-state index contributed by atoms with van der Waals surface area (Å²) in [7, 11) is 2.10. The van der Waals surface area contributed by atoms with Gasteiger partial charge in [-0.05, 0) is 32.9 Å². The van der Waals surface area contributed by atoms with Crippen LogP contribution in [0.5, 0.6) is 0 Å². The summed E-state index contributed by atoms with van der Waals surface area (Å²) in [4.78, 5) is 18.6. The van der Waals surface area contributed by atoms with Crippen LogP contribution in [-0.4, -0.2) is 40.6 Å². The van der Waals surface area contributed by atoms with Gasteiger partial charge in [0.2, 0.25) is 0 Å². The highest BCUT2D eigenvalue weighted by atomic mass is 16.1. The molecule has 1 N–H and O–H groups in total. The highest BCUT2D eigenvalue weighted by Gasteiger charge is 2.26. The first-order chi connectivity index (χ1) is 8.24. The fraction of sp³-hybridized carbons (Fsp3) is 0.667. The molecule has 2 fully saturated rings. The number of nitrogens with zero attached hydrogens (tertiary/aromatic N) is 3. The summed E-state index contributed by atoms with van der Waals surface area (Å²) in [5.41, 5.74) is 0.0320. The summed E-state index contributed by atoms with van der Waals surface area (Å²) >= 11 is 0. The Morgan fingerprint density at radius 2 is 2.24 bits per heavy atom. The van der Waals surface area contributed by atoms with Gasteiger partial charge in [0.05, 0.1) is 0 Å². The maximum atomic E-state index is 12.1.